The number of nitrogens with zero attached hydrogens (tertiary/aromatic N) is 2. The Hall–Kier alpha value is -2.58. The van der Waals surface area contributed by atoms with Crippen molar-refractivity contribution in [2.45, 2.75) is 19.5 Å². The first-order valence-electron chi connectivity index (χ1n) is 6.64. The van der Waals surface area contributed by atoms with Crippen molar-refractivity contribution in [1.29, 1.82) is 5.26 Å². The topological polar surface area (TPSA) is 69.3 Å². The molecule has 1 heterocycles. The molecule has 0 aliphatic carbocycles. The van der Waals surface area contributed by atoms with E-state index in [9.17, 15) is 4.79 Å². The maximum atomic E-state index is 12.2. The van der Waals surface area contributed by atoms with Crippen molar-refractivity contribution in [2.75, 3.05) is 12.4 Å². The Morgan fingerprint density at radius 2 is 2.10 bits per heavy atom. The summed E-state index contributed by atoms with van der Waals surface area (Å²) in [5, 5.41) is 11.6. The number of rotatable bonds is 5. The lowest BCUT2D eigenvalue weighted by Crippen LogP contribution is -2.39. The Balaban J connectivity index is 1.93. The highest BCUT2D eigenvalue weighted by molar-refractivity contribution is 5.94. The molecule has 0 saturated carbocycles. The molecule has 0 aliphatic rings. The zero-order valence-corrected chi connectivity index (χ0v) is 12.0. The van der Waals surface area contributed by atoms with Gasteiger partial charge in [0.25, 0.3) is 0 Å². The highest BCUT2D eigenvalue weighted by Crippen LogP contribution is 2.12. The molecule has 1 amide bonds. The van der Waals surface area contributed by atoms with Crippen LogP contribution in [-0.2, 0) is 11.3 Å². The van der Waals surface area contributed by atoms with Gasteiger partial charge in [0.2, 0.25) is 5.91 Å². The molecule has 2 rings (SSSR count). The molecule has 0 radical (unpaired) electrons. The van der Waals surface area contributed by atoms with Gasteiger partial charge in [-0.25, -0.2) is 0 Å². The van der Waals surface area contributed by atoms with Gasteiger partial charge in [0.1, 0.15) is 5.76 Å². The first-order valence-corrected chi connectivity index (χ1v) is 6.64. The molecule has 0 fully saturated rings. The number of amides is 1. The van der Waals surface area contributed by atoms with Crippen LogP contribution >= 0.6 is 0 Å². The summed E-state index contributed by atoms with van der Waals surface area (Å²) < 4.78 is 5.27. The van der Waals surface area contributed by atoms with E-state index in [-0.39, 0.29) is 11.9 Å². The van der Waals surface area contributed by atoms with Gasteiger partial charge in [0, 0.05) is 5.69 Å². The molecule has 1 unspecified atom stereocenters. The third kappa shape index (κ3) is 3.94. The third-order valence-corrected chi connectivity index (χ3v) is 3.31. The van der Waals surface area contributed by atoms with E-state index in [1.807, 2.05) is 37.1 Å². The standard InChI is InChI=1S/C16H17N3O2/c1-12(19(2)11-15-4-3-9-21-15)16(20)18-14-7-5-13(10-17)6-8-14/h3-9,12H,11H2,1-2H3,(H,18,20). The second-order valence-electron chi connectivity index (χ2n) is 4.85. The van der Waals surface area contributed by atoms with E-state index in [1.165, 1.54) is 0 Å². The number of carbonyl (C=O) groups is 1. The number of hydrogen-bond acceptors (Lipinski definition) is 4. The molecule has 2 aromatic rings. The Morgan fingerprint density at radius 3 is 2.67 bits per heavy atom. The molecule has 108 valence electrons. The van der Waals surface area contributed by atoms with Crippen LogP contribution in [-0.4, -0.2) is 23.9 Å². The monoisotopic (exact) mass is 283 g/mol. The fourth-order valence-corrected chi connectivity index (χ4v) is 1.86. The number of furan rings is 1. The summed E-state index contributed by atoms with van der Waals surface area (Å²) in [5.41, 5.74) is 1.24. The fourth-order valence-electron chi connectivity index (χ4n) is 1.86. The molecule has 5 heteroatoms. The van der Waals surface area contributed by atoms with Crippen LogP contribution in [0.15, 0.2) is 47.1 Å². The van der Waals surface area contributed by atoms with Gasteiger partial charge in [-0.2, -0.15) is 5.26 Å². The first kappa shape index (κ1) is 14.8. The molecule has 0 spiro atoms. The van der Waals surface area contributed by atoms with Crippen molar-refractivity contribution in [2.24, 2.45) is 0 Å². The summed E-state index contributed by atoms with van der Waals surface area (Å²) in [4.78, 5) is 14.1. The highest BCUT2D eigenvalue weighted by atomic mass is 16.3. The predicted molar refractivity (Wildman–Crippen MR) is 79.4 cm³/mol. The molecule has 0 bridgehead atoms. The Bertz CT molecular complexity index is 627. The van der Waals surface area contributed by atoms with Crippen molar-refractivity contribution in [3.05, 3.63) is 54.0 Å². The van der Waals surface area contributed by atoms with Crippen LogP contribution in [0.3, 0.4) is 0 Å². The number of benzene rings is 1. The maximum Gasteiger partial charge on any atom is 0.241 e. The number of hydrogen-bond donors (Lipinski definition) is 1. The van der Waals surface area contributed by atoms with Gasteiger partial charge >= 0.3 is 0 Å². The molecule has 0 aliphatic heterocycles. The summed E-state index contributed by atoms with van der Waals surface area (Å²) in [7, 11) is 1.87. The van der Waals surface area contributed by atoms with E-state index in [0.717, 1.165) is 5.76 Å². The second-order valence-corrected chi connectivity index (χ2v) is 4.85. The van der Waals surface area contributed by atoms with Crippen LogP contribution in [0.25, 0.3) is 0 Å². The van der Waals surface area contributed by atoms with E-state index in [4.69, 9.17) is 9.68 Å². The highest BCUT2D eigenvalue weighted by Gasteiger charge is 2.19. The third-order valence-electron chi connectivity index (χ3n) is 3.31. The SMILES string of the molecule is CC(C(=O)Nc1ccc(C#N)cc1)N(C)Cc1ccco1. The number of nitriles is 1. The zero-order chi connectivity index (χ0) is 15.2. The smallest absolute Gasteiger partial charge is 0.241 e. The van der Waals surface area contributed by atoms with Gasteiger partial charge in [-0.05, 0) is 50.4 Å². The van der Waals surface area contributed by atoms with Crippen molar-refractivity contribution in [3.63, 3.8) is 0 Å². The predicted octanol–water partition coefficient (Wildman–Crippen LogP) is 2.61. The van der Waals surface area contributed by atoms with E-state index < -0.39 is 0 Å². The Labute approximate surface area is 123 Å². The number of carbonyl (C=O) groups excluding carboxylic acids is 1. The average Bonchev–Trinajstić information content (AvgIpc) is 3.00. The number of nitrogens with one attached hydrogen (secondary N) is 1. The summed E-state index contributed by atoms with van der Waals surface area (Å²) in [6, 6.07) is 12.2. The summed E-state index contributed by atoms with van der Waals surface area (Å²) >= 11 is 0. The molecule has 21 heavy (non-hydrogen) atoms. The molecular weight excluding hydrogens is 266 g/mol. The lowest BCUT2D eigenvalue weighted by molar-refractivity contribution is -0.120. The van der Waals surface area contributed by atoms with Gasteiger partial charge in [-0.3, -0.25) is 9.69 Å². The van der Waals surface area contributed by atoms with Gasteiger partial charge < -0.3 is 9.73 Å². The van der Waals surface area contributed by atoms with E-state index in [2.05, 4.69) is 5.32 Å². The van der Waals surface area contributed by atoms with Crippen molar-refractivity contribution in [1.82, 2.24) is 4.90 Å². The summed E-state index contributed by atoms with van der Waals surface area (Å²) in [6.07, 6.45) is 1.62. The average molecular weight is 283 g/mol. The molecule has 0 saturated heterocycles. The first-order chi connectivity index (χ1) is 10.1. The van der Waals surface area contributed by atoms with E-state index >= 15 is 0 Å². The molecule has 1 aromatic heterocycles. The van der Waals surface area contributed by atoms with Crippen LogP contribution in [0.4, 0.5) is 5.69 Å². The number of anilines is 1. The van der Waals surface area contributed by atoms with Crippen molar-refractivity contribution in [3.8, 4) is 6.07 Å². The minimum absolute atomic E-state index is 0.103. The molecule has 1 aromatic carbocycles. The van der Waals surface area contributed by atoms with Crippen LogP contribution in [0.1, 0.15) is 18.2 Å². The normalized spacial score (nSPS) is 11.9. The van der Waals surface area contributed by atoms with Gasteiger partial charge in [-0.15, -0.1) is 0 Å². The Kier molecular flexibility index (Phi) is 4.75. The van der Waals surface area contributed by atoms with Crippen LogP contribution in [0.2, 0.25) is 0 Å². The van der Waals surface area contributed by atoms with Gasteiger partial charge in [-0.1, -0.05) is 0 Å². The molecule has 1 N–H and O–H groups in total. The Morgan fingerprint density at radius 1 is 1.38 bits per heavy atom. The van der Waals surface area contributed by atoms with Gasteiger partial charge in [0.15, 0.2) is 0 Å². The van der Waals surface area contributed by atoms with E-state index in [0.29, 0.717) is 17.8 Å². The lowest BCUT2D eigenvalue weighted by Gasteiger charge is -2.22. The summed E-state index contributed by atoms with van der Waals surface area (Å²) in [6.45, 7) is 2.40. The van der Waals surface area contributed by atoms with Crippen molar-refractivity contribution < 1.29 is 9.21 Å². The molecule has 1 atom stereocenters. The van der Waals surface area contributed by atoms with Crippen molar-refractivity contribution >= 4 is 11.6 Å². The van der Waals surface area contributed by atoms with Crippen LogP contribution in [0, 0.1) is 11.3 Å². The largest absolute Gasteiger partial charge is 0.468 e. The van der Waals surface area contributed by atoms with E-state index in [1.54, 1.807) is 30.5 Å². The van der Waals surface area contributed by atoms with Crippen LogP contribution < -0.4 is 5.32 Å². The fraction of sp³-hybridized carbons (Fsp3) is 0.250. The minimum Gasteiger partial charge on any atom is -0.468 e. The minimum atomic E-state index is -0.300. The maximum absolute atomic E-state index is 12.2. The van der Waals surface area contributed by atoms with Crippen LogP contribution in [0.5, 0.6) is 0 Å². The quantitative estimate of drug-likeness (QED) is 0.915. The molecule has 5 nitrogen and oxygen atoms in total. The second kappa shape index (κ2) is 6.73. The lowest BCUT2D eigenvalue weighted by atomic mass is 10.2. The molecular formula is C16H17N3O2. The number of likely N-dealkylation sites (N-methyl/N-ethyl adjacent to an activating group) is 1. The summed E-state index contributed by atoms with van der Waals surface area (Å²) in [5.74, 6) is 0.712. The zero-order valence-electron chi connectivity index (χ0n) is 12.0. The van der Waals surface area contributed by atoms with Gasteiger partial charge in [0.05, 0.1) is 30.5 Å².